The molecule has 0 saturated heterocycles. The molecule has 0 aliphatic rings. The van der Waals surface area contributed by atoms with Crippen molar-refractivity contribution in [1.29, 1.82) is 0 Å². The third-order valence-electron chi connectivity index (χ3n) is 3.73. The Morgan fingerprint density at radius 1 is 1.31 bits per heavy atom. The number of hydrogen-bond donors (Lipinski definition) is 1. The Hall–Kier alpha value is -2.91. The van der Waals surface area contributed by atoms with Crippen LogP contribution in [0.2, 0.25) is 0 Å². The fourth-order valence-corrected chi connectivity index (χ4v) is 3.89. The van der Waals surface area contributed by atoms with Gasteiger partial charge in [-0.2, -0.15) is 0 Å². The molecule has 0 unspecified atom stereocenters. The van der Waals surface area contributed by atoms with Crippen LogP contribution in [-0.4, -0.2) is 33.6 Å². The molecule has 0 spiro atoms. The van der Waals surface area contributed by atoms with Crippen molar-refractivity contribution in [2.24, 2.45) is 0 Å². The average molecular weight is 430 g/mol. The summed E-state index contributed by atoms with van der Waals surface area (Å²) in [7, 11) is 0. The molecule has 1 N–H and O–H groups in total. The second-order valence-electron chi connectivity index (χ2n) is 5.89. The molecule has 1 aromatic carbocycles. The zero-order valence-electron chi connectivity index (χ0n) is 15.7. The molecule has 3 rings (SSSR count). The smallest absolute Gasteiger partial charge is 0.330 e. The van der Waals surface area contributed by atoms with Gasteiger partial charge in [-0.25, -0.2) is 9.78 Å². The summed E-state index contributed by atoms with van der Waals surface area (Å²) in [5, 5.41) is 4.63. The van der Waals surface area contributed by atoms with Gasteiger partial charge in [0, 0.05) is 35.2 Å². The van der Waals surface area contributed by atoms with Gasteiger partial charge in [0.2, 0.25) is 5.91 Å². The molecule has 0 saturated carbocycles. The van der Waals surface area contributed by atoms with Gasteiger partial charge < -0.3 is 10.1 Å². The summed E-state index contributed by atoms with van der Waals surface area (Å²) >= 11 is 2.79. The van der Waals surface area contributed by atoms with E-state index in [0.717, 1.165) is 5.56 Å². The molecule has 29 heavy (non-hydrogen) atoms. The Kier molecular flexibility index (Phi) is 7.20. The molecular weight excluding hydrogens is 410 g/mol. The van der Waals surface area contributed by atoms with Gasteiger partial charge in [-0.1, -0.05) is 12.1 Å². The lowest BCUT2D eigenvalue weighted by Gasteiger charge is -2.06. The van der Waals surface area contributed by atoms with Crippen molar-refractivity contribution < 1.29 is 14.3 Å². The number of ether oxygens (including phenoxy) is 1. The third kappa shape index (κ3) is 6.03. The molecule has 2 aromatic heterocycles. The molecule has 7 nitrogen and oxygen atoms in total. The van der Waals surface area contributed by atoms with Crippen molar-refractivity contribution in [2.75, 3.05) is 17.7 Å². The summed E-state index contributed by atoms with van der Waals surface area (Å²) in [5.74, 6) is 0.195. The summed E-state index contributed by atoms with van der Waals surface area (Å²) < 4.78 is 6.32. The fourth-order valence-electron chi connectivity index (χ4n) is 2.44. The quantitative estimate of drug-likeness (QED) is 0.437. The number of anilines is 1. The summed E-state index contributed by atoms with van der Waals surface area (Å²) in [6.07, 6.45) is 4.71. The van der Waals surface area contributed by atoms with Crippen molar-refractivity contribution >= 4 is 51.7 Å². The van der Waals surface area contributed by atoms with Gasteiger partial charge in [0.1, 0.15) is 0 Å². The number of thioether (sulfide) groups is 1. The summed E-state index contributed by atoms with van der Waals surface area (Å²) in [6, 6.07) is 8.62. The van der Waals surface area contributed by atoms with E-state index in [1.807, 2.05) is 5.38 Å². The van der Waals surface area contributed by atoms with Crippen LogP contribution in [0.1, 0.15) is 18.2 Å². The minimum absolute atomic E-state index is 0.117. The lowest BCUT2D eigenvalue weighted by atomic mass is 10.2. The average Bonchev–Trinajstić information content (AvgIpc) is 3.17. The van der Waals surface area contributed by atoms with E-state index in [9.17, 15) is 14.4 Å². The molecule has 3 aromatic rings. The standard InChI is InChI=1S/C20H19N3O4S2/c1-2-27-19(26)8-5-14-3-6-15(7-4-14)21-17(24)13-28-12-16-11-18(25)23-9-10-29-20(23)22-16/h3-11H,2,12-13H2,1H3,(H,21,24)/b8-5+. The molecule has 150 valence electrons. The van der Waals surface area contributed by atoms with Crippen molar-refractivity contribution in [3.8, 4) is 0 Å². The Morgan fingerprint density at radius 2 is 2.10 bits per heavy atom. The maximum atomic E-state index is 12.1. The monoisotopic (exact) mass is 429 g/mol. The Balaban J connectivity index is 1.47. The van der Waals surface area contributed by atoms with E-state index < -0.39 is 5.97 Å². The Labute approximate surface area is 175 Å². The number of aromatic nitrogens is 2. The van der Waals surface area contributed by atoms with Crippen LogP contribution in [0.4, 0.5) is 5.69 Å². The normalized spacial score (nSPS) is 11.1. The number of carbonyl (C=O) groups is 2. The Morgan fingerprint density at radius 3 is 2.86 bits per heavy atom. The van der Waals surface area contributed by atoms with E-state index in [1.165, 1.54) is 39.6 Å². The number of hydrogen-bond acceptors (Lipinski definition) is 7. The van der Waals surface area contributed by atoms with E-state index in [4.69, 9.17) is 4.74 Å². The predicted molar refractivity (Wildman–Crippen MR) is 116 cm³/mol. The topological polar surface area (TPSA) is 89.8 Å². The van der Waals surface area contributed by atoms with Gasteiger partial charge in [0.05, 0.1) is 18.1 Å². The minimum atomic E-state index is -0.391. The van der Waals surface area contributed by atoms with Crippen LogP contribution in [0.3, 0.4) is 0 Å². The van der Waals surface area contributed by atoms with Crippen molar-refractivity contribution in [3.63, 3.8) is 0 Å². The highest BCUT2D eigenvalue weighted by molar-refractivity contribution is 7.99. The molecule has 1 amide bonds. The highest BCUT2D eigenvalue weighted by Crippen LogP contribution is 2.14. The minimum Gasteiger partial charge on any atom is -0.463 e. The number of nitrogens with zero attached hydrogens (tertiary/aromatic N) is 2. The SMILES string of the molecule is CCOC(=O)/C=C/c1ccc(NC(=O)CSCc2cc(=O)n3ccsc3n2)cc1. The molecule has 0 bridgehead atoms. The first kappa shape index (κ1) is 20.8. The van der Waals surface area contributed by atoms with Gasteiger partial charge in [-0.15, -0.1) is 23.1 Å². The number of benzene rings is 1. The largest absolute Gasteiger partial charge is 0.463 e. The van der Waals surface area contributed by atoms with Gasteiger partial charge in [0.25, 0.3) is 5.56 Å². The number of thiazole rings is 1. The van der Waals surface area contributed by atoms with E-state index in [0.29, 0.717) is 28.7 Å². The van der Waals surface area contributed by atoms with Crippen LogP contribution in [0, 0.1) is 0 Å². The number of fused-ring (bicyclic) bond motifs is 1. The lowest BCUT2D eigenvalue weighted by molar-refractivity contribution is -0.137. The van der Waals surface area contributed by atoms with Crippen LogP contribution in [-0.2, 0) is 20.1 Å². The van der Waals surface area contributed by atoms with Gasteiger partial charge in [-0.05, 0) is 30.7 Å². The lowest BCUT2D eigenvalue weighted by Crippen LogP contribution is -2.15. The third-order valence-corrected chi connectivity index (χ3v) is 5.46. The second kappa shape index (κ2) is 10.0. The fraction of sp³-hybridized carbons (Fsp3) is 0.200. The molecule has 2 heterocycles. The van der Waals surface area contributed by atoms with E-state index in [-0.39, 0.29) is 17.2 Å². The second-order valence-corrected chi connectivity index (χ2v) is 7.75. The molecule has 0 radical (unpaired) electrons. The van der Waals surface area contributed by atoms with Gasteiger partial charge >= 0.3 is 5.97 Å². The molecular formula is C20H19N3O4S2. The van der Waals surface area contributed by atoms with E-state index in [2.05, 4.69) is 10.3 Å². The van der Waals surface area contributed by atoms with Crippen LogP contribution in [0.5, 0.6) is 0 Å². The summed E-state index contributed by atoms with van der Waals surface area (Å²) in [4.78, 5) is 40.5. The van der Waals surface area contributed by atoms with Crippen molar-refractivity contribution in [1.82, 2.24) is 9.38 Å². The van der Waals surface area contributed by atoms with Gasteiger partial charge in [0.15, 0.2) is 4.96 Å². The summed E-state index contributed by atoms with van der Waals surface area (Å²) in [5.41, 5.74) is 2.04. The first-order valence-corrected chi connectivity index (χ1v) is 10.9. The van der Waals surface area contributed by atoms with Crippen LogP contribution in [0.15, 0.2) is 52.8 Å². The number of rotatable bonds is 8. The first-order valence-electron chi connectivity index (χ1n) is 8.83. The van der Waals surface area contributed by atoms with E-state index >= 15 is 0 Å². The maximum Gasteiger partial charge on any atom is 0.330 e. The Bertz CT molecular complexity index is 1090. The molecule has 0 atom stereocenters. The molecule has 9 heteroatoms. The maximum absolute atomic E-state index is 12.1. The van der Waals surface area contributed by atoms with Crippen LogP contribution >= 0.6 is 23.1 Å². The predicted octanol–water partition coefficient (Wildman–Crippen LogP) is 3.20. The van der Waals surface area contributed by atoms with Crippen LogP contribution in [0.25, 0.3) is 11.0 Å². The zero-order valence-corrected chi connectivity index (χ0v) is 17.3. The molecule has 0 aliphatic carbocycles. The highest BCUT2D eigenvalue weighted by Gasteiger charge is 2.06. The molecule has 0 fully saturated rings. The van der Waals surface area contributed by atoms with Crippen molar-refractivity contribution in [3.05, 3.63) is 69.6 Å². The van der Waals surface area contributed by atoms with Crippen molar-refractivity contribution in [2.45, 2.75) is 12.7 Å². The van der Waals surface area contributed by atoms with E-state index in [1.54, 1.807) is 43.5 Å². The number of amides is 1. The highest BCUT2D eigenvalue weighted by atomic mass is 32.2. The number of esters is 1. The first-order chi connectivity index (χ1) is 14.0. The molecule has 0 aliphatic heterocycles. The zero-order chi connectivity index (χ0) is 20.6. The number of nitrogens with one attached hydrogen (secondary N) is 1. The number of carbonyl (C=O) groups excluding carboxylic acids is 2. The summed E-state index contributed by atoms with van der Waals surface area (Å²) in [6.45, 7) is 2.09. The van der Waals surface area contributed by atoms with Gasteiger partial charge in [-0.3, -0.25) is 14.0 Å². The van der Waals surface area contributed by atoms with Crippen LogP contribution < -0.4 is 10.9 Å².